The molecule has 0 spiro atoms. The molecule has 0 saturated carbocycles. The summed E-state index contributed by atoms with van der Waals surface area (Å²) in [4.78, 5) is 37.5. The lowest BCUT2D eigenvalue weighted by Crippen LogP contribution is -2.63. The Morgan fingerprint density at radius 3 is 2.59 bits per heavy atom. The smallest absolute Gasteiger partial charge is 0.321 e. The quantitative estimate of drug-likeness (QED) is 0.655. The number of fused-ring (bicyclic) bond motifs is 1. The molecule has 2 aromatic rings. The Kier molecular flexibility index (Phi) is 6.97. The molecule has 0 bridgehead atoms. The molecule has 37 heavy (non-hydrogen) atoms. The average molecular weight is 510 g/mol. The van der Waals surface area contributed by atoms with Crippen LogP contribution in [0, 0.1) is 0 Å². The molecular weight excluding hydrogens is 470 g/mol. The van der Waals surface area contributed by atoms with Crippen molar-refractivity contribution in [1.29, 1.82) is 0 Å². The molecular formula is C27H39N7O3. The van der Waals surface area contributed by atoms with Crippen LogP contribution in [0.4, 0.5) is 10.6 Å². The molecule has 5 heterocycles. The predicted molar refractivity (Wildman–Crippen MR) is 140 cm³/mol. The van der Waals surface area contributed by atoms with E-state index in [4.69, 9.17) is 4.74 Å². The number of pyridine rings is 1. The second kappa shape index (κ2) is 10.1. The molecule has 3 aliphatic heterocycles. The molecule has 200 valence electrons. The molecule has 2 atom stereocenters. The van der Waals surface area contributed by atoms with Gasteiger partial charge in [0.25, 0.3) is 5.91 Å². The van der Waals surface area contributed by atoms with E-state index in [9.17, 15) is 9.59 Å². The van der Waals surface area contributed by atoms with Gasteiger partial charge in [0.1, 0.15) is 5.69 Å². The fourth-order valence-corrected chi connectivity index (χ4v) is 5.97. The minimum absolute atomic E-state index is 0.0228. The first-order valence-corrected chi connectivity index (χ1v) is 13.5. The lowest BCUT2D eigenvalue weighted by Gasteiger charge is -2.49. The van der Waals surface area contributed by atoms with E-state index >= 15 is 0 Å². The van der Waals surface area contributed by atoms with Crippen molar-refractivity contribution in [2.75, 3.05) is 31.6 Å². The number of aryl methyl sites for hydroxylation is 1. The Morgan fingerprint density at radius 2 is 1.92 bits per heavy atom. The molecule has 3 amide bonds. The minimum atomic E-state index is -0.579. The van der Waals surface area contributed by atoms with Gasteiger partial charge in [0.05, 0.1) is 17.8 Å². The maximum Gasteiger partial charge on any atom is 0.321 e. The first-order chi connectivity index (χ1) is 17.7. The van der Waals surface area contributed by atoms with Gasteiger partial charge in [0, 0.05) is 56.2 Å². The SMILES string of the molecule is CCc1ccc(C(=O)Nc2n[nH]c3c2CN(C(=O)N2C[C@@H](C)N(C4CCOCC4)C[C@@H]2C)C3(C)C)nc1. The number of anilines is 1. The summed E-state index contributed by atoms with van der Waals surface area (Å²) in [5.74, 6) is 0.140. The van der Waals surface area contributed by atoms with Crippen LogP contribution in [0.5, 0.6) is 0 Å². The highest BCUT2D eigenvalue weighted by Crippen LogP contribution is 2.41. The number of nitrogens with one attached hydrogen (secondary N) is 2. The highest BCUT2D eigenvalue weighted by atomic mass is 16.5. The molecule has 0 aliphatic carbocycles. The second-order valence-electron chi connectivity index (χ2n) is 11.1. The predicted octanol–water partition coefficient (Wildman–Crippen LogP) is 3.36. The zero-order chi connectivity index (χ0) is 26.3. The highest BCUT2D eigenvalue weighted by molar-refractivity contribution is 6.02. The van der Waals surface area contributed by atoms with Crippen molar-refractivity contribution in [3.05, 3.63) is 40.8 Å². The lowest BCUT2D eigenvalue weighted by atomic mass is 9.99. The third-order valence-corrected chi connectivity index (χ3v) is 8.34. The number of hydrogen-bond donors (Lipinski definition) is 2. The summed E-state index contributed by atoms with van der Waals surface area (Å²) in [6.07, 6.45) is 4.69. The van der Waals surface area contributed by atoms with E-state index in [1.807, 2.05) is 36.6 Å². The fourth-order valence-electron chi connectivity index (χ4n) is 5.97. The van der Waals surface area contributed by atoms with Crippen LogP contribution >= 0.6 is 0 Å². The molecule has 2 saturated heterocycles. The van der Waals surface area contributed by atoms with Crippen LogP contribution < -0.4 is 5.32 Å². The van der Waals surface area contributed by atoms with Crippen LogP contribution in [0.25, 0.3) is 0 Å². The first kappa shape index (κ1) is 25.7. The van der Waals surface area contributed by atoms with Gasteiger partial charge >= 0.3 is 6.03 Å². The second-order valence-corrected chi connectivity index (χ2v) is 11.1. The van der Waals surface area contributed by atoms with Crippen LogP contribution in [0.3, 0.4) is 0 Å². The molecule has 0 radical (unpaired) electrons. The summed E-state index contributed by atoms with van der Waals surface area (Å²) < 4.78 is 5.56. The maximum atomic E-state index is 13.9. The molecule has 2 aromatic heterocycles. The molecule has 5 rings (SSSR count). The number of aromatic nitrogens is 3. The molecule has 2 fully saturated rings. The average Bonchev–Trinajstić information content (AvgIpc) is 3.42. The number of carbonyl (C=O) groups excluding carboxylic acids is 2. The Balaban J connectivity index is 1.29. The van der Waals surface area contributed by atoms with Gasteiger partial charge in [-0.2, -0.15) is 5.10 Å². The first-order valence-electron chi connectivity index (χ1n) is 13.5. The van der Waals surface area contributed by atoms with E-state index in [1.54, 1.807) is 12.3 Å². The summed E-state index contributed by atoms with van der Waals surface area (Å²) >= 11 is 0. The number of rotatable bonds is 4. The van der Waals surface area contributed by atoms with Crippen molar-refractivity contribution in [2.45, 2.75) is 84.1 Å². The molecule has 0 aromatic carbocycles. The van der Waals surface area contributed by atoms with E-state index in [0.717, 1.165) is 55.8 Å². The number of H-pyrrole nitrogens is 1. The Morgan fingerprint density at radius 1 is 1.16 bits per heavy atom. The topological polar surface area (TPSA) is 107 Å². The number of nitrogens with zero attached hydrogens (tertiary/aromatic N) is 5. The molecule has 0 unspecified atom stereocenters. The van der Waals surface area contributed by atoms with Crippen LogP contribution in [0.15, 0.2) is 18.3 Å². The van der Waals surface area contributed by atoms with Crippen LogP contribution in [0.1, 0.15) is 74.8 Å². The zero-order valence-electron chi connectivity index (χ0n) is 22.6. The van der Waals surface area contributed by atoms with Crippen molar-refractivity contribution < 1.29 is 14.3 Å². The molecule has 10 heteroatoms. The van der Waals surface area contributed by atoms with Crippen molar-refractivity contribution in [3.8, 4) is 0 Å². The highest BCUT2D eigenvalue weighted by Gasteiger charge is 2.47. The monoisotopic (exact) mass is 509 g/mol. The van der Waals surface area contributed by atoms with Crippen LogP contribution in [-0.2, 0) is 23.2 Å². The third kappa shape index (κ3) is 4.72. The van der Waals surface area contributed by atoms with Gasteiger partial charge in [-0.1, -0.05) is 13.0 Å². The number of amides is 3. The van der Waals surface area contributed by atoms with E-state index in [0.29, 0.717) is 30.6 Å². The van der Waals surface area contributed by atoms with E-state index in [-0.39, 0.29) is 24.0 Å². The van der Waals surface area contributed by atoms with Gasteiger partial charge in [-0.15, -0.1) is 0 Å². The third-order valence-electron chi connectivity index (χ3n) is 8.34. The number of urea groups is 1. The van der Waals surface area contributed by atoms with E-state index in [2.05, 4.69) is 39.2 Å². The Hall–Kier alpha value is -2.98. The minimum Gasteiger partial charge on any atom is -0.381 e. The van der Waals surface area contributed by atoms with Gasteiger partial charge in [-0.25, -0.2) is 4.79 Å². The van der Waals surface area contributed by atoms with Crippen molar-refractivity contribution in [2.24, 2.45) is 0 Å². The number of piperazine rings is 1. The normalized spacial score (nSPS) is 24.2. The van der Waals surface area contributed by atoms with Crippen molar-refractivity contribution in [1.82, 2.24) is 29.9 Å². The van der Waals surface area contributed by atoms with Gasteiger partial charge in [-0.3, -0.25) is 19.8 Å². The summed E-state index contributed by atoms with van der Waals surface area (Å²) in [6.45, 7) is 14.0. The Bertz CT molecular complexity index is 1140. The molecule has 10 nitrogen and oxygen atoms in total. The van der Waals surface area contributed by atoms with Gasteiger partial charge in [0.2, 0.25) is 0 Å². The van der Waals surface area contributed by atoms with E-state index in [1.165, 1.54) is 0 Å². The number of ether oxygens (including phenoxy) is 1. The summed E-state index contributed by atoms with van der Waals surface area (Å²) in [6, 6.07) is 4.57. The standard InChI is InChI=1S/C27H39N7O3/c1-6-19-7-8-22(28-13-19)25(35)29-24-21-16-34(27(4,5)23(21)30-31-24)26(36)33-15-17(2)32(14-18(33)3)20-9-11-37-12-10-20/h7-8,13,17-18,20H,6,9-12,14-16H2,1-5H3,(H2,29,30,31,35)/t17-,18+/m1/s1. The van der Waals surface area contributed by atoms with Gasteiger partial charge in [-0.05, 0) is 58.6 Å². The lowest BCUT2D eigenvalue weighted by molar-refractivity contribution is -0.0237. The van der Waals surface area contributed by atoms with Gasteiger partial charge in [0.15, 0.2) is 5.82 Å². The maximum absolute atomic E-state index is 13.9. The number of aromatic amines is 1. The van der Waals surface area contributed by atoms with E-state index < -0.39 is 5.54 Å². The van der Waals surface area contributed by atoms with Crippen molar-refractivity contribution >= 4 is 17.8 Å². The van der Waals surface area contributed by atoms with Crippen LogP contribution in [0.2, 0.25) is 0 Å². The fraction of sp³-hybridized carbons (Fsp3) is 0.630. The largest absolute Gasteiger partial charge is 0.381 e. The number of hydrogen-bond acceptors (Lipinski definition) is 6. The Labute approximate surface area is 218 Å². The van der Waals surface area contributed by atoms with Crippen LogP contribution in [-0.4, -0.2) is 86.2 Å². The zero-order valence-corrected chi connectivity index (χ0v) is 22.6. The summed E-state index contributed by atoms with van der Waals surface area (Å²) in [5, 5.41) is 10.4. The number of carbonyl (C=O) groups is 2. The van der Waals surface area contributed by atoms with Gasteiger partial charge < -0.3 is 19.9 Å². The molecule has 2 N–H and O–H groups in total. The molecule has 3 aliphatic rings. The van der Waals surface area contributed by atoms with Crippen molar-refractivity contribution in [3.63, 3.8) is 0 Å². The summed E-state index contributed by atoms with van der Waals surface area (Å²) in [5.41, 5.74) is 2.53. The summed E-state index contributed by atoms with van der Waals surface area (Å²) in [7, 11) is 0.